The number of aromatic nitrogens is 1. The van der Waals surface area contributed by atoms with Crippen molar-refractivity contribution in [3.8, 4) is 0 Å². The zero-order chi connectivity index (χ0) is 24.5. The lowest BCUT2D eigenvalue weighted by Crippen LogP contribution is -2.52. The van der Waals surface area contributed by atoms with Crippen LogP contribution < -0.4 is 5.32 Å². The fourth-order valence-electron chi connectivity index (χ4n) is 5.75. The average Bonchev–Trinajstić information content (AvgIpc) is 3.18. The van der Waals surface area contributed by atoms with Crippen LogP contribution in [0, 0.1) is 17.2 Å². The van der Waals surface area contributed by atoms with E-state index in [0.29, 0.717) is 29.3 Å². The quantitative estimate of drug-likeness (QED) is 0.481. The second-order valence-electron chi connectivity index (χ2n) is 9.80. The SMILES string of the molecule is C[C@@]1(CC(=O)O)CC2(NC(=O)c3cc(F)cc4ccn(Cc5ccc(C(F)(F)F)cc5)c34)C[C@@H]21. The highest BCUT2D eigenvalue weighted by atomic mass is 19.4. The van der Waals surface area contributed by atoms with E-state index in [1.54, 1.807) is 16.8 Å². The van der Waals surface area contributed by atoms with E-state index in [1.807, 2.05) is 6.92 Å². The van der Waals surface area contributed by atoms with E-state index < -0.39 is 35.0 Å². The topological polar surface area (TPSA) is 71.3 Å². The van der Waals surface area contributed by atoms with Gasteiger partial charge in [-0.2, -0.15) is 13.2 Å². The number of carbonyl (C=O) groups is 2. The Morgan fingerprint density at radius 2 is 1.88 bits per heavy atom. The number of amides is 1. The van der Waals surface area contributed by atoms with Gasteiger partial charge in [-0.25, -0.2) is 4.39 Å². The van der Waals surface area contributed by atoms with E-state index in [0.717, 1.165) is 18.2 Å². The summed E-state index contributed by atoms with van der Waals surface area (Å²) in [6.07, 6.45) is -1.48. The maximum atomic E-state index is 14.3. The van der Waals surface area contributed by atoms with Crippen LogP contribution in [0.5, 0.6) is 0 Å². The number of aliphatic carboxylic acids is 1. The van der Waals surface area contributed by atoms with Gasteiger partial charge in [-0.3, -0.25) is 9.59 Å². The Kier molecular flexibility index (Phi) is 4.83. The average molecular weight is 474 g/mol. The zero-order valence-electron chi connectivity index (χ0n) is 18.2. The molecule has 2 aliphatic rings. The largest absolute Gasteiger partial charge is 0.481 e. The molecule has 1 unspecified atom stereocenters. The Morgan fingerprint density at radius 3 is 2.50 bits per heavy atom. The summed E-state index contributed by atoms with van der Waals surface area (Å²) in [6, 6.07) is 8.89. The molecule has 9 heteroatoms. The molecule has 178 valence electrons. The lowest BCUT2D eigenvalue weighted by atomic mass is 9.65. The first-order valence-corrected chi connectivity index (χ1v) is 10.9. The molecule has 0 bridgehead atoms. The lowest BCUT2D eigenvalue weighted by molar-refractivity contribution is -0.141. The van der Waals surface area contributed by atoms with E-state index in [-0.39, 0.29) is 29.9 Å². The predicted octanol–water partition coefficient (Wildman–Crippen LogP) is 5.22. The smallest absolute Gasteiger partial charge is 0.416 e. The molecule has 0 radical (unpaired) electrons. The third-order valence-electron chi connectivity index (χ3n) is 7.26. The molecule has 2 N–H and O–H groups in total. The number of rotatable bonds is 6. The number of halogens is 4. The minimum Gasteiger partial charge on any atom is -0.481 e. The number of hydrogen-bond acceptors (Lipinski definition) is 2. The number of alkyl halides is 3. The van der Waals surface area contributed by atoms with Gasteiger partial charge in [0.05, 0.1) is 23.1 Å². The summed E-state index contributed by atoms with van der Waals surface area (Å²) in [5.41, 5.74) is -0.335. The summed E-state index contributed by atoms with van der Waals surface area (Å²) in [5, 5.41) is 12.6. The van der Waals surface area contributed by atoms with Crippen molar-refractivity contribution in [3.63, 3.8) is 0 Å². The second-order valence-corrected chi connectivity index (χ2v) is 9.80. The summed E-state index contributed by atoms with van der Waals surface area (Å²) in [5.74, 6) is -1.82. The number of carboxylic acids is 1. The van der Waals surface area contributed by atoms with Crippen molar-refractivity contribution in [3.05, 3.63) is 71.2 Å². The van der Waals surface area contributed by atoms with Gasteiger partial charge in [-0.1, -0.05) is 19.1 Å². The van der Waals surface area contributed by atoms with E-state index in [4.69, 9.17) is 5.11 Å². The molecule has 2 saturated carbocycles. The molecule has 5 nitrogen and oxygen atoms in total. The first-order valence-electron chi connectivity index (χ1n) is 10.9. The molecule has 2 aromatic carbocycles. The predicted molar refractivity (Wildman–Crippen MR) is 116 cm³/mol. The summed E-state index contributed by atoms with van der Waals surface area (Å²) in [4.78, 5) is 24.3. The lowest BCUT2D eigenvalue weighted by Gasteiger charge is -2.44. The number of nitrogens with zero attached hydrogens (tertiary/aromatic N) is 1. The molecule has 5 rings (SSSR count). The standard InChI is InChI=1S/C25H22F4N2O3/c1-23(11-20(32)33)13-24(10-19(23)24)30-22(34)18-9-17(26)8-15-6-7-31(21(15)18)12-14-2-4-16(5-3-14)25(27,28)29/h2-9,19H,10-13H2,1H3,(H,30,34)(H,32,33)/t19-,23-,24?/m1/s1. The van der Waals surface area contributed by atoms with Crippen LogP contribution in [0.25, 0.3) is 10.9 Å². The summed E-state index contributed by atoms with van der Waals surface area (Å²) in [7, 11) is 0. The van der Waals surface area contributed by atoms with Crippen molar-refractivity contribution in [1.82, 2.24) is 9.88 Å². The summed E-state index contributed by atoms with van der Waals surface area (Å²) >= 11 is 0. The molecule has 3 atom stereocenters. The van der Waals surface area contributed by atoms with Crippen molar-refractivity contribution in [2.24, 2.45) is 11.3 Å². The first-order chi connectivity index (χ1) is 15.9. The van der Waals surface area contributed by atoms with Gasteiger partial charge in [-0.05, 0) is 60.1 Å². The van der Waals surface area contributed by atoms with Gasteiger partial charge in [0, 0.05) is 23.7 Å². The van der Waals surface area contributed by atoms with Crippen LogP contribution in [-0.4, -0.2) is 27.1 Å². The van der Waals surface area contributed by atoms with Gasteiger partial charge < -0.3 is 15.0 Å². The zero-order valence-corrected chi connectivity index (χ0v) is 18.2. The van der Waals surface area contributed by atoms with Gasteiger partial charge in [0.2, 0.25) is 0 Å². The van der Waals surface area contributed by atoms with Crippen molar-refractivity contribution in [2.75, 3.05) is 0 Å². The molecule has 1 aromatic heterocycles. The first kappa shape index (κ1) is 22.4. The minimum absolute atomic E-state index is 0.0372. The molecule has 0 saturated heterocycles. The van der Waals surface area contributed by atoms with Crippen LogP contribution >= 0.6 is 0 Å². The van der Waals surface area contributed by atoms with E-state index in [1.165, 1.54) is 18.2 Å². The Morgan fingerprint density at radius 1 is 1.18 bits per heavy atom. The number of carboxylic acid groups (broad SMARTS) is 1. The van der Waals surface area contributed by atoms with Gasteiger partial charge in [0.1, 0.15) is 5.82 Å². The van der Waals surface area contributed by atoms with Crippen LogP contribution in [0.15, 0.2) is 48.7 Å². The molecule has 2 fully saturated rings. The third-order valence-corrected chi connectivity index (χ3v) is 7.26. The molecule has 1 heterocycles. The fraction of sp³-hybridized carbons (Fsp3) is 0.360. The Bertz CT molecular complexity index is 1310. The van der Waals surface area contributed by atoms with E-state index >= 15 is 0 Å². The van der Waals surface area contributed by atoms with Gasteiger partial charge >= 0.3 is 12.1 Å². The van der Waals surface area contributed by atoms with Crippen LogP contribution in [-0.2, 0) is 17.5 Å². The molecule has 2 aliphatic carbocycles. The number of benzene rings is 2. The van der Waals surface area contributed by atoms with Crippen molar-refractivity contribution in [2.45, 2.75) is 44.4 Å². The number of carbonyl (C=O) groups excluding carboxylic acids is 1. The molecule has 0 spiro atoms. The van der Waals surface area contributed by atoms with Crippen LogP contribution in [0.1, 0.15) is 47.7 Å². The molecular formula is C25H22F4N2O3. The Labute approximate surface area is 192 Å². The Balaban J connectivity index is 1.40. The van der Waals surface area contributed by atoms with E-state index in [9.17, 15) is 27.2 Å². The van der Waals surface area contributed by atoms with Gasteiger partial charge in [0.15, 0.2) is 0 Å². The third kappa shape index (κ3) is 3.73. The van der Waals surface area contributed by atoms with Crippen LogP contribution in [0.4, 0.5) is 17.6 Å². The molecule has 0 aliphatic heterocycles. The number of fused-ring (bicyclic) bond motifs is 2. The second kappa shape index (κ2) is 7.32. The van der Waals surface area contributed by atoms with Crippen molar-refractivity contribution in [1.29, 1.82) is 0 Å². The maximum Gasteiger partial charge on any atom is 0.416 e. The van der Waals surface area contributed by atoms with Crippen LogP contribution in [0.2, 0.25) is 0 Å². The maximum absolute atomic E-state index is 14.3. The summed E-state index contributed by atoms with van der Waals surface area (Å²) < 4.78 is 54.6. The van der Waals surface area contributed by atoms with Crippen molar-refractivity contribution < 1.29 is 32.3 Å². The molecular weight excluding hydrogens is 452 g/mol. The molecule has 1 amide bonds. The highest BCUT2D eigenvalue weighted by Gasteiger charge is 2.73. The Hall–Kier alpha value is -3.36. The van der Waals surface area contributed by atoms with E-state index in [2.05, 4.69) is 5.32 Å². The fourth-order valence-corrected chi connectivity index (χ4v) is 5.75. The number of hydrogen-bond donors (Lipinski definition) is 2. The van der Waals surface area contributed by atoms with Gasteiger partial charge in [0.25, 0.3) is 5.91 Å². The van der Waals surface area contributed by atoms with Crippen LogP contribution in [0.3, 0.4) is 0 Å². The number of nitrogens with one attached hydrogen (secondary N) is 1. The normalized spacial score (nSPS) is 25.5. The molecule has 34 heavy (non-hydrogen) atoms. The highest BCUT2D eigenvalue weighted by Crippen LogP contribution is 2.71. The van der Waals surface area contributed by atoms with Gasteiger partial charge in [-0.15, -0.1) is 0 Å². The molecule has 3 aromatic rings. The monoisotopic (exact) mass is 474 g/mol. The minimum atomic E-state index is -4.43. The highest BCUT2D eigenvalue weighted by molar-refractivity contribution is 6.06. The van der Waals surface area contributed by atoms with Crippen molar-refractivity contribution >= 4 is 22.8 Å². The summed E-state index contributed by atoms with van der Waals surface area (Å²) in [6.45, 7) is 2.11.